The summed E-state index contributed by atoms with van der Waals surface area (Å²) in [6.07, 6.45) is 6.34. The van der Waals surface area contributed by atoms with Crippen molar-refractivity contribution in [3.8, 4) is 0 Å². The zero-order valence-electron chi connectivity index (χ0n) is 15.8. The second kappa shape index (κ2) is 7.60. The Balaban J connectivity index is 1.57. The van der Waals surface area contributed by atoms with Gasteiger partial charge in [0.05, 0.1) is 5.25 Å². The van der Waals surface area contributed by atoms with Gasteiger partial charge in [-0.2, -0.15) is 0 Å². The van der Waals surface area contributed by atoms with Crippen molar-refractivity contribution < 1.29 is 4.79 Å². The first-order valence-electron chi connectivity index (χ1n) is 9.33. The lowest BCUT2D eigenvalue weighted by Gasteiger charge is -2.15. The number of anilines is 1. The summed E-state index contributed by atoms with van der Waals surface area (Å²) in [5.41, 5.74) is 4.58. The molecule has 0 aliphatic heterocycles. The van der Waals surface area contributed by atoms with Crippen LogP contribution in [0.15, 0.2) is 29.6 Å². The van der Waals surface area contributed by atoms with Crippen LogP contribution in [-0.4, -0.2) is 21.1 Å². The van der Waals surface area contributed by atoms with Crippen LogP contribution in [0.25, 0.3) is 10.2 Å². The molecule has 1 atom stereocenters. The van der Waals surface area contributed by atoms with Gasteiger partial charge in [0.2, 0.25) is 5.91 Å². The summed E-state index contributed by atoms with van der Waals surface area (Å²) in [6, 6.07) is 5.98. The van der Waals surface area contributed by atoms with Gasteiger partial charge in [-0.1, -0.05) is 23.9 Å². The molecule has 1 N–H and O–H groups in total. The maximum atomic E-state index is 12.8. The highest BCUT2D eigenvalue weighted by Gasteiger charge is 2.23. The summed E-state index contributed by atoms with van der Waals surface area (Å²) in [5, 5.41) is 4.95. The molecule has 0 spiro atoms. The number of hydrogen-bond donors (Lipinski definition) is 1. The maximum Gasteiger partial charge on any atom is 0.237 e. The Bertz CT molecular complexity index is 1010. The van der Waals surface area contributed by atoms with Gasteiger partial charge in [-0.25, -0.2) is 9.97 Å². The van der Waals surface area contributed by atoms with E-state index in [4.69, 9.17) is 0 Å². The molecule has 2 heterocycles. The number of thiophene rings is 1. The number of rotatable bonds is 4. The predicted molar refractivity (Wildman–Crippen MR) is 114 cm³/mol. The Kier molecular flexibility index (Phi) is 5.19. The molecule has 6 heteroatoms. The zero-order valence-corrected chi connectivity index (χ0v) is 17.5. The number of fused-ring (bicyclic) bond motifs is 3. The molecule has 0 radical (unpaired) electrons. The molecule has 140 valence electrons. The number of nitrogens with zero attached hydrogens (tertiary/aromatic N) is 2. The van der Waals surface area contributed by atoms with E-state index in [2.05, 4.69) is 28.3 Å². The van der Waals surface area contributed by atoms with Gasteiger partial charge in [0, 0.05) is 16.0 Å². The number of nitrogens with one attached hydrogen (secondary N) is 1. The van der Waals surface area contributed by atoms with Gasteiger partial charge in [0.25, 0.3) is 0 Å². The second-order valence-electron chi connectivity index (χ2n) is 7.07. The van der Waals surface area contributed by atoms with Gasteiger partial charge in [-0.3, -0.25) is 4.79 Å². The van der Waals surface area contributed by atoms with Crippen molar-refractivity contribution in [2.24, 2.45) is 0 Å². The molecule has 0 saturated carbocycles. The fourth-order valence-electron chi connectivity index (χ4n) is 3.49. The first-order chi connectivity index (χ1) is 13.0. The van der Waals surface area contributed by atoms with Crippen LogP contribution in [0.4, 0.5) is 5.69 Å². The van der Waals surface area contributed by atoms with E-state index in [0.29, 0.717) is 0 Å². The molecular formula is C21H23N3OS2. The number of thioether (sulfide) groups is 1. The molecule has 0 fully saturated rings. The van der Waals surface area contributed by atoms with Crippen molar-refractivity contribution >= 4 is 44.9 Å². The van der Waals surface area contributed by atoms with Crippen molar-refractivity contribution in [1.82, 2.24) is 9.97 Å². The Labute approximate surface area is 167 Å². The van der Waals surface area contributed by atoms with E-state index in [1.807, 2.05) is 26.0 Å². The molecule has 27 heavy (non-hydrogen) atoms. The third kappa shape index (κ3) is 3.60. The summed E-state index contributed by atoms with van der Waals surface area (Å²) >= 11 is 3.32. The van der Waals surface area contributed by atoms with Gasteiger partial charge in [-0.15, -0.1) is 11.3 Å². The SMILES string of the molecule is Cc1cccc(NC(=O)C(C)Sc2ncnc3sc4c(c23)CCCC4)c1C. The van der Waals surface area contributed by atoms with Crippen LogP contribution in [0, 0.1) is 13.8 Å². The molecule has 1 unspecified atom stereocenters. The van der Waals surface area contributed by atoms with E-state index in [1.165, 1.54) is 46.0 Å². The van der Waals surface area contributed by atoms with Crippen molar-refractivity contribution in [3.63, 3.8) is 0 Å². The Morgan fingerprint density at radius 2 is 2.04 bits per heavy atom. The standard InChI is InChI=1S/C21H23N3OS2/c1-12-7-6-9-16(13(12)2)24-19(25)14(3)26-20-18-15-8-4-5-10-17(15)27-21(18)23-11-22-20/h6-7,9,11,14H,4-5,8,10H2,1-3H3,(H,24,25). The van der Waals surface area contributed by atoms with Crippen molar-refractivity contribution in [3.05, 3.63) is 46.1 Å². The molecule has 0 bridgehead atoms. The van der Waals surface area contributed by atoms with Gasteiger partial charge in [0.1, 0.15) is 16.2 Å². The monoisotopic (exact) mass is 397 g/mol. The normalized spacial score (nSPS) is 14.8. The smallest absolute Gasteiger partial charge is 0.237 e. The average Bonchev–Trinajstić information content (AvgIpc) is 3.05. The molecule has 4 nitrogen and oxygen atoms in total. The van der Waals surface area contributed by atoms with Crippen molar-refractivity contribution in [2.75, 3.05) is 5.32 Å². The summed E-state index contributed by atoms with van der Waals surface area (Å²) in [6.45, 7) is 6.03. The van der Waals surface area contributed by atoms with E-state index in [-0.39, 0.29) is 11.2 Å². The lowest BCUT2D eigenvalue weighted by Crippen LogP contribution is -2.23. The maximum absolute atomic E-state index is 12.8. The van der Waals surface area contributed by atoms with Crippen LogP contribution in [0.2, 0.25) is 0 Å². The van der Waals surface area contributed by atoms with Crippen molar-refractivity contribution in [1.29, 1.82) is 0 Å². The summed E-state index contributed by atoms with van der Waals surface area (Å²) in [4.78, 5) is 24.3. The highest BCUT2D eigenvalue weighted by atomic mass is 32.2. The number of aryl methyl sites for hydroxylation is 3. The minimum absolute atomic E-state index is 0.00422. The summed E-state index contributed by atoms with van der Waals surface area (Å²) in [5.74, 6) is 0.00422. The van der Waals surface area contributed by atoms with Crippen LogP contribution in [0.1, 0.15) is 41.3 Å². The van der Waals surface area contributed by atoms with Crippen LogP contribution in [0.5, 0.6) is 0 Å². The van der Waals surface area contributed by atoms with Gasteiger partial charge in [0.15, 0.2) is 0 Å². The highest BCUT2D eigenvalue weighted by molar-refractivity contribution is 8.00. The van der Waals surface area contributed by atoms with E-state index in [1.54, 1.807) is 17.7 Å². The first-order valence-corrected chi connectivity index (χ1v) is 11.0. The number of carbonyl (C=O) groups excluding carboxylic acids is 1. The number of aromatic nitrogens is 2. The quantitative estimate of drug-likeness (QED) is 0.479. The van der Waals surface area contributed by atoms with Gasteiger partial charge >= 0.3 is 0 Å². The molecule has 2 aromatic heterocycles. The first kappa shape index (κ1) is 18.4. The Morgan fingerprint density at radius 1 is 1.22 bits per heavy atom. The number of benzene rings is 1. The second-order valence-corrected chi connectivity index (χ2v) is 9.48. The molecule has 1 aliphatic rings. The van der Waals surface area contributed by atoms with Crippen LogP contribution < -0.4 is 5.32 Å². The Hall–Kier alpha value is -1.92. The average molecular weight is 398 g/mol. The molecule has 1 amide bonds. The molecular weight excluding hydrogens is 374 g/mol. The lowest BCUT2D eigenvalue weighted by atomic mass is 9.97. The summed E-state index contributed by atoms with van der Waals surface area (Å²) < 4.78 is 0. The molecule has 1 aliphatic carbocycles. The third-order valence-electron chi connectivity index (χ3n) is 5.24. The van der Waals surface area contributed by atoms with Gasteiger partial charge in [-0.05, 0) is 69.2 Å². The Morgan fingerprint density at radius 3 is 2.89 bits per heavy atom. The molecule has 0 saturated heterocycles. The number of amides is 1. The molecule has 4 rings (SSSR count). The van der Waals surface area contributed by atoms with E-state index in [9.17, 15) is 4.79 Å². The van der Waals surface area contributed by atoms with Gasteiger partial charge < -0.3 is 5.32 Å². The zero-order chi connectivity index (χ0) is 19.0. The van der Waals surface area contributed by atoms with Crippen molar-refractivity contribution in [2.45, 2.75) is 56.7 Å². The summed E-state index contributed by atoms with van der Waals surface area (Å²) in [7, 11) is 0. The lowest BCUT2D eigenvalue weighted by molar-refractivity contribution is -0.115. The minimum atomic E-state index is -0.234. The predicted octanol–water partition coefficient (Wildman–Crippen LogP) is 5.31. The molecule has 3 aromatic rings. The fraction of sp³-hybridized carbons (Fsp3) is 0.381. The van der Waals surface area contributed by atoms with E-state index in [0.717, 1.165) is 33.9 Å². The number of hydrogen-bond acceptors (Lipinski definition) is 5. The number of carbonyl (C=O) groups is 1. The third-order valence-corrected chi connectivity index (χ3v) is 7.54. The van der Waals surface area contributed by atoms with E-state index < -0.39 is 0 Å². The minimum Gasteiger partial charge on any atom is -0.325 e. The highest BCUT2D eigenvalue weighted by Crippen LogP contribution is 2.40. The fourth-order valence-corrected chi connectivity index (χ4v) is 5.73. The molecule has 1 aromatic carbocycles. The van der Waals surface area contributed by atoms with Crippen LogP contribution in [-0.2, 0) is 17.6 Å². The topological polar surface area (TPSA) is 54.9 Å². The van der Waals surface area contributed by atoms with Crippen LogP contribution in [0.3, 0.4) is 0 Å². The largest absolute Gasteiger partial charge is 0.325 e. The van der Waals surface area contributed by atoms with E-state index >= 15 is 0 Å². The van der Waals surface area contributed by atoms with Crippen LogP contribution >= 0.6 is 23.1 Å².